The topological polar surface area (TPSA) is 139 Å². The average molecular weight is 648 g/mol. The third-order valence-electron chi connectivity index (χ3n) is 6.87. The normalized spacial score (nSPS) is 12.9. The fourth-order valence-electron chi connectivity index (χ4n) is 4.56. The highest BCUT2D eigenvalue weighted by molar-refractivity contribution is 6.05. The summed E-state index contributed by atoms with van der Waals surface area (Å²) >= 11 is 0. The van der Waals surface area contributed by atoms with Gasteiger partial charge in [-0.05, 0) is 54.6 Å². The highest BCUT2D eigenvalue weighted by atomic mass is 19.4. The summed E-state index contributed by atoms with van der Waals surface area (Å²) in [7, 11) is 0. The number of carboxylic acids is 1. The van der Waals surface area contributed by atoms with Crippen LogP contribution in [0.1, 0.15) is 20.9 Å². The number of alkyl halides is 3. The van der Waals surface area contributed by atoms with Crippen molar-refractivity contribution in [3.8, 4) is 17.0 Å². The molecule has 1 fully saturated rings. The van der Waals surface area contributed by atoms with Crippen LogP contribution in [0.2, 0.25) is 0 Å². The number of anilines is 3. The smallest absolute Gasteiger partial charge is 0.475 e. The lowest BCUT2D eigenvalue weighted by Gasteiger charge is -2.28. The molecule has 2 amide bonds. The molecule has 0 aliphatic carbocycles. The number of ether oxygens (including phenoxy) is 1. The third kappa shape index (κ3) is 8.43. The molecule has 3 heterocycles. The van der Waals surface area contributed by atoms with Gasteiger partial charge in [-0.15, -0.1) is 0 Å². The van der Waals surface area contributed by atoms with E-state index in [1.807, 2.05) is 60.7 Å². The maximum Gasteiger partial charge on any atom is 0.490 e. The van der Waals surface area contributed by atoms with Gasteiger partial charge >= 0.3 is 12.1 Å². The fraction of sp³-hybridized carbons (Fsp3) is 0.152. The standard InChI is InChI=1S/C31H27N5O4.C2HF3O2/c37-30(33-24-9-11-25(12-10-24)35-17-19-39-20-18-35)23-7-4-8-26(21-23)36-29(15-16-32-36)34-31(38)28-14-13-27(40-28)22-5-2-1-3-6-22;3-2(4,5)1(6)7/h1-16,21H,17-20H2,(H,33,37)(H,34,38);(H,6,7). The number of nitrogens with one attached hydrogen (secondary N) is 2. The van der Waals surface area contributed by atoms with E-state index in [-0.39, 0.29) is 11.7 Å². The number of aliphatic carboxylic acids is 1. The minimum Gasteiger partial charge on any atom is -0.475 e. The van der Waals surface area contributed by atoms with Gasteiger partial charge in [0.25, 0.3) is 11.8 Å². The quantitative estimate of drug-likeness (QED) is 0.193. The first-order valence-electron chi connectivity index (χ1n) is 14.2. The average Bonchev–Trinajstić information content (AvgIpc) is 3.77. The van der Waals surface area contributed by atoms with E-state index < -0.39 is 18.1 Å². The van der Waals surface area contributed by atoms with Crippen LogP contribution >= 0.6 is 0 Å². The van der Waals surface area contributed by atoms with Crippen molar-refractivity contribution in [2.45, 2.75) is 6.18 Å². The minimum absolute atomic E-state index is 0.180. The molecule has 11 nitrogen and oxygen atoms in total. The number of aromatic nitrogens is 2. The number of halogens is 3. The molecule has 2 aromatic heterocycles. The van der Waals surface area contributed by atoms with Crippen molar-refractivity contribution in [1.29, 1.82) is 0 Å². The summed E-state index contributed by atoms with van der Waals surface area (Å²) in [6, 6.07) is 29.5. The number of carbonyl (C=O) groups excluding carboxylic acids is 2. The number of hydrogen-bond donors (Lipinski definition) is 3. The zero-order valence-corrected chi connectivity index (χ0v) is 24.6. The van der Waals surface area contributed by atoms with Gasteiger partial charge in [-0.3, -0.25) is 9.59 Å². The SMILES string of the molecule is O=C(Nc1ccc(N2CCOCC2)cc1)c1cccc(-n2nccc2NC(=O)c2ccc(-c3ccccc3)o2)c1.O=C(O)C(F)(F)F. The summed E-state index contributed by atoms with van der Waals surface area (Å²) in [6.45, 7) is 3.14. The van der Waals surface area contributed by atoms with Gasteiger partial charge in [0, 0.05) is 41.7 Å². The molecular formula is C33H28F3N5O6. The number of benzene rings is 3. The Morgan fingerprint density at radius 3 is 2.17 bits per heavy atom. The molecule has 0 radical (unpaired) electrons. The van der Waals surface area contributed by atoms with Crippen molar-refractivity contribution < 1.29 is 41.8 Å². The summed E-state index contributed by atoms with van der Waals surface area (Å²) in [5.41, 5.74) is 3.77. The molecule has 3 aromatic carbocycles. The summed E-state index contributed by atoms with van der Waals surface area (Å²) < 4.78 is 44.5. The predicted molar refractivity (Wildman–Crippen MR) is 167 cm³/mol. The molecule has 1 saturated heterocycles. The summed E-state index contributed by atoms with van der Waals surface area (Å²) in [5, 5.41) is 17.3. The van der Waals surface area contributed by atoms with E-state index >= 15 is 0 Å². The van der Waals surface area contributed by atoms with Crippen molar-refractivity contribution >= 4 is 35.0 Å². The molecule has 47 heavy (non-hydrogen) atoms. The lowest BCUT2D eigenvalue weighted by atomic mass is 10.1. The summed E-state index contributed by atoms with van der Waals surface area (Å²) in [4.78, 5) is 37.1. The van der Waals surface area contributed by atoms with Crippen LogP contribution in [0.4, 0.5) is 30.4 Å². The molecule has 3 N–H and O–H groups in total. The molecule has 0 unspecified atom stereocenters. The Hall–Kier alpha value is -5.89. The molecule has 1 aliphatic heterocycles. The Kier molecular flexibility index (Phi) is 10.0. The Morgan fingerprint density at radius 1 is 0.787 bits per heavy atom. The van der Waals surface area contributed by atoms with E-state index in [9.17, 15) is 22.8 Å². The third-order valence-corrected chi connectivity index (χ3v) is 6.87. The maximum atomic E-state index is 13.0. The second kappa shape index (κ2) is 14.5. The molecular weight excluding hydrogens is 619 g/mol. The molecule has 0 saturated carbocycles. The second-order valence-electron chi connectivity index (χ2n) is 10.1. The van der Waals surface area contributed by atoms with Crippen LogP contribution in [0.15, 0.2) is 108 Å². The molecule has 14 heteroatoms. The highest BCUT2D eigenvalue weighted by Gasteiger charge is 2.38. The van der Waals surface area contributed by atoms with Crippen molar-refractivity contribution in [2.75, 3.05) is 41.8 Å². The Morgan fingerprint density at radius 2 is 1.49 bits per heavy atom. The summed E-state index contributed by atoms with van der Waals surface area (Å²) in [6.07, 6.45) is -3.50. The lowest BCUT2D eigenvalue weighted by Crippen LogP contribution is -2.36. The summed E-state index contributed by atoms with van der Waals surface area (Å²) in [5.74, 6) is -2.18. The van der Waals surface area contributed by atoms with Crippen molar-refractivity contribution in [2.24, 2.45) is 0 Å². The van der Waals surface area contributed by atoms with Crippen molar-refractivity contribution in [3.63, 3.8) is 0 Å². The van der Waals surface area contributed by atoms with Gasteiger partial charge in [-0.2, -0.15) is 18.3 Å². The molecule has 5 aromatic rings. The van der Waals surface area contributed by atoms with Crippen LogP contribution in [0.25, 0.3) is 17.0 Å². The minimum atomic E-state index is -5.08. The van der Waals surface area contributed by atoms with Crippen molar-refractivity contribution in [3.05, 3.63) is 115 Å². The van der Waals surface area contributed by atoms with E-state index in [1.165, 1.54) is 0 Å². The molecule has 6 rings (SSSR count). The van der Waals surface area contributed by atoms with Crippen LogP contribution < -0.4 is 15.5 Å². The van der Waals surface area contributed by atoms with Gasteiger partial charge < -0.3 is 29.8 Å². The number of hydrogen-bond acceptors (Lipinski definition) is 7. The number of rotatable bonds is 7. The zero-order valence-electron chi connectivity index (χ0n) is 24.6. The zero-order chi connectivity index (χ0) is 33.4. The van der Waals surface area contributed by atoms with Crippen LogP contribution in [0.5, 0.6) is 0 Å². The lowest BCUT2D eigenvalue weighted by molar-refractivity contribution is -0.192. The van der Waals surface area contributed by atoms with Gasteiger partial charge in [0.05, 0.1) is 25.1 Å². The number of carboxylic acid groups (broad SMARTS) is 1. The van der Waals surface area contributed by atoms with Crippen LogP contribution in [-0.4, -0.2) is 65.2 Å². The number of nitrogens with zero attached hydrogens (tertiary/aromatic N) is 3. The second-order valence-corrected chi connectivity index (χ2v) is 10.1. The highest BCUT2D eigenvalue weighted by Crippen LogP contribution is 2.24. The van der Waals surface area contributed by atoms with Gasteiger partial charge in [0.15, 0.2) is 5.76 Å². The number of amides is 2. The molecule has 242 valence electrons. The first-order chi connectivity index (χ1) is 22.6. The largest absolute Gasteiger partial charge is 0.490 e. The van der Waals surface area contributed by atoms with Crippen LogP contribution in [0, 0.1) is 0 Å². The number of carbonyl (C=O) groups is 3. The maximum absolute atomic E-state index is 13.0. The first kappa shape index (κ1) is 32.5. The molecule has 1 aliphatic rings. The van der Waals surface area contributed by atoms with Crippen molar-refractivity contribution in [1.82, 2.24) is 9.78 Å². The number of furan rings is 1. The van der Waals surface area contributed by atoms with E-state index in [2.05, 4.69) is 20.6 Å². The monoisotopic (exact) mass is 647 g/mol. The van der Waals surface area contributed by atoms with Crippen LogP contribution in [0.3, 0.4) is 0 Å². The van der Waals surface area contributed by atoms with Gasteiger partial charge in [0.2, 0.25) is 0 Å². The molecule has 0 spiro atoms. The Labute approximate surface area is 266 Å². The predicted octanol–water partition coefficient (Wildman–Crippen LogP) is 6.11. The van der Waals surface area contributed by atoms with Gasteiger partial charge in [-0.25, -0.2) is 9.48 Å². The molecule has 0 atom stereocenters. The number of morpholine rings is 1. The fourth-order valence-corrected chi connectivity index (χ4v) is 4.56. The van der Waals surface area contributed by atoms with Gasteiger partial charge in [-0.1, -0.05) is 36.4 Å². The van der Waals surface area contributed by atoms with Gasteiger partial charge in [0.1, 0.15) is 11.6 Å². The van der Waals surface area contributed by atoms with E-state index in [0.29, 0.717) is 41.7 Å². The Balaban J connectivity index is 0.000000559. The van der Waals surface area contributed by atoms with Crippen LogP contribution in [-0.2, 0) is 9.53 Å². The molecule has 0 bridgehead atoms. The van der Waals surface area contributed by atoms with E-state index in [1.54, 1.807) is 47.3 Å². The van der Waals surface area contributed by atoms with E-state index in [0.717, 1.165) is 24.3 Å². The van der Waals surface area contributed by atoms with E-state index in [4.69, 9.17) is 19.1 Å². The Bertz CT molecular complexity index is 1830. The first-order valence-corrected chi connectivity index (χ1v) is 14.2.